The predicted octanol–water partition coefficient (Wildman–Crippen LogP) is 1.74. The number of fused-ring (bicyclic) bond motifs is 1. The highest BCUT2D eigenvalue weighted by molar-refractivity contribution is 7.98. The molecular formula is C19H27N5O3S2. The quantitative estimate of drug-likeness (QED) is 0.708. The standard InChI is InChI=1S/C19H27N5O3S2/c1-13(2)19-20-17(11-22(19)3)29(26,27)24-7-4-5-15(24)10-23-18(25)9-14-12-28-8-6-16(14)21-23/h9,11,13,15H,4-8,10,12H2,1-3H3. The number of sulfonamides is 1. The van der Waals surface area contributed by atoms with Crippen molar-refractivity contribution < 1.29 is 8.42 Å². The zero-order chi connectivity index (χ0) is 20.8. The summed E-state index contributed by atoms with van der Waals surface area (Å²) in [5, 5.41) is 4.64. The minimum absolute atomic E-state index is 0.0818. The molecular weight excluding hydrogens is 410 g/mol. The van der Waals surface area contributed by atoms with Gasteiger partial charge in [-0.15, -0.1) is 0 Å². The molecule has 2 aliphatic heterocycles. The van der Waals surface area contributed by atoms with Crippen LogP contribution in [-0.4, -0.2) is 50.4 Å². The fourth-order valence-electron chi connectivity index (χ4n) is 4.12. The average molecular weight is 438 g/mol. The second kappa shape index (κ2) is 7.88. The first-order valence-corrected chi connectivity index (χ1v) is 12.6. The van der Waals surface area contributed by atoms with Crippen LogP contribution in [0.1, 0.15) is 49.7 Å². The van der Waals surface area contributed by atoms with Crippen LogP contribution in [0.5, 0.6) is 0 Å². The van der Waals surface area contributed by atoms with Gasteiger partial charge in [-0.2, -0.15) is 21.2 Å². The van der Waals surface area contributed by atoms with Crippen molar-refractivity contribution in [2.75, 3.05) is 12.3 Å². The summed E-state index contributed by atoms with van der Waals surface area (Å²) in [7, 11) is -1.90. The molecule has 0 bridgehead atoms. The lowest BCUT2D eigenvalue weighted by atomic mass is 10.2. The monoisotopic (exact) mass is 437 g/mol. The van der Waals surface area contributed by atoms with Crippen molar-refractivity contribution in [2.45, 2.75) is 62.4 Å². The van der Waals surface area contributed by atoms with Gasteiger partial charge < -0.3 is 4.57 Å². The zero-order valence-corrected chi connectivity index (χ0v) is 18.7. The number of imidazole rings is 1. The van der Waals surface area contributed by atoms with Crippen molar-refractivity contribution in [2.24, 2.45) is 7.05 Å². The summed E-state index contributed by atoms with van der Waals surface area (Å²) in [6.07, 6.45) is 3.91. The smallest absolute Gasteiger partial charge is 0.267 e. The van der Waals surface area contributed by atoms with Gasteiger partial charge >= 0.3 is 0 Å². The van der Waals surface area contributed by atoms with Crippen LogP contribution in [0.2, 0.25) is 0 Å². The van der Waals surface area contributed by atoms with Crippen LogP contribution < -0.4 is 5.56 Å². The van der Waals surface area contributed by atoms with Gasteiger partial charge in [0.1, 0.15) is 5.82 Å². The molecule has 1 fully saturated rings. The molecule has 0 radical (unpaired) electrons. The Labute approximate surface area is 175 Å². The number of rotatable bonds is 5. The second-order valence-corrected chi connectivity index (χ2v) is 11.0. The molecule has 2 aromatic heterocycles. The van der Waals surface area contributed by atoms with E-state index in [1.54, 1.807) is 28.6 Å². The summed E-state index contributed by atoms with van der Waals surface area (Å²) in [5.74, 6) is 2.69. The molecule has 0 saturated carbocycles. The van der Waals surface area contributed by atoms with Crippen LogP contribution >= 0.6 is 11.8 Å². The van der Waals surface area contributed by atoms with Crippen molar-refractivity contribution >= 4 is 21.8 Å². The van der Waals surface area contributed by atoms with Crippen molar-refractivity contribution in [3.63, 3.8) is 0 Å². The van der Waals surface area contributed by atoms with E-state index in [0.29, 0.717) is 13.0 Å². The Kier molecular flexibility index (Phi) is 5.60. The van der Waals surface area contributed by atoms with Gasteiger partial charge in [-0.05, 0) is 24.2 Å². The molecule has 29 heavy (non-hydrogen) atoms. The first-order chi connectivity index (χ1) is 13.8. The maximum Gasteiger partial charge on any atom is 0.267 e. The third kappa shape index (κ3) is 3.89. The number of nitrogens with zero attached hydrogens (tertiary/aromatic N) is 5. The highest BCUT2D eigenvalue weighted by atomic mass is 32.2. The summed E-state index contributed by atoms with van der Waals surface area (Å²) in [4.78, 5) is 16.9. The van der Waals surface area contributed by atoms with Crippen molar-refractivity contribution in [3.8, 4) is 0 Å². The summed E-state index contributed by atoms with van der Waals surface area (Å²) in [6.45, 7) is 4.70. The predicted molar refractivity (Wildman–Crippen MR) is 113 cm³/mol. The molecule has 4 heterocycles. The summed E-state index contributed by atoms with van der Waals surface area (Å²) in [5.41, 5.74) is 1.81. The third-order valence-electron chi connectivity index (χ3n) is 5.59. The number of hydrogen-bond acceptors (Lipinski definition) is 6. The Bertz CT molecular complexity index is 1070. The molecule has 0 amide bonds. The summed E-state index contributed by atoms with van der Waals surface area (Å²) >= 11 is 1.81. The van der Waals surface area contributed by atoms with Gasteiger partial charge in [-0.3, -0.25) is 4.79 Å². The van der Waals surface area contributed by atoms with Gasteiger partial charge in [0.05, 0.1) is 12.2 Å². The third-order valence-corrected chi connectivity index (χ3v) is 8.42. The maximum absolute atomic E-state index is 13.3. The lowest BCUT2D eigenvalue weighted by Gasteiger charge is -2.24. The molecule has 2 aliphatic rings. The van der Waals surface area contributed by atoms with Gasteiger partial charge in [0.15, 0.2) is 5.03 Å². The number of thioether (sulfide) groups is 1. The van der Waals surface area contributed by atoms with Crippen LogP contribution in [-0.2, 0) is 35.8 Å². The van der Waals surface area contributed by atoms with E-state index in [1.165, 1.54) is 8.99 Å². The first kappa shape index (κ1) is 20.6. The topological polar surface area (TPSA) is 90.1 Å². The molecule has 10 heteroatoms. The summed E-state index contributed by atoms with van der Waals surface area (Å²) in [6, 6.07) is 1.38. The Hall–Kier alpha value is -1.65. The SMILES string of the molecule is CC(C)c1nc(S(=O)(=O)N2CCCC2Cn2nc3c(cc2=O)CSCC3)cn1C. The van der Waals surface area contributed by atoms with E-state index >= 15 is 0 Å². The van der Waals surface area contributed by atoms with E-state index in [9.17, 15) is 13.2 Å². The highest BCUT2D eigenvalue weighted by Crippen LogP contribution is 2.28. The van der Waals surface area contributed by atoms with Crippen LogP contribution in [0.4, 0.5) is 0 Å². The maximum atomic E-state index is 13.3. The minimum atomic E-state index is -3.72. The van der Waals surface area contributed by atoms with E-state index in [-0.39, 0.29) is 29.1 Å². The van der Waals surface area contributed by atoms with E-state index in [2.05, 4.69) is 10.1 Å². The molecule has 1 saturated heterocycles. The molecule has 4 rings (SSSR count). The van der Waals surface area contributed by atoms with Gasteiger partial charge in [-0.1, -0.05) is 13.8 Å². The molecule has 8 nitrogen and oxygen atoms in total. The van der Waals surface area contributed by atoms with Crippen LogP contribution in [0, 0.1) is 0 Å². The van der Waals surface area contributed by atoms with Gasteiger partial charge in [0, 0.05) is 50.0 Å². The number of aromatic nitrogens is 4. The second-order valence-electron chi connectivity index (χ2n) is 8.05. The Balaban J connectivity index is 1.61. The number of hydrogen-bond donors (Lipinski definition) is 0. The van der Waals surface area contributed by atoms with Gasteiger partial charge in [0.25, 0.3) is 15.6 Å². The molecule has 158 valence electrons. The summed E-state index contributed by atoms with van der Waals surface area (Å²) < 4.78 is 31.3. The van der Waals surface area contributed by atoms with Crippen LogP contribution in [0.25, 0.3) is 0 Å². The van der Waals surface area contributed by atoms with Gasteiger partial charge in [0.2, 0.25) is 0 Å². The Morgan fingerprint density at radius 3 is 2.86 bits per heavy atom. The fourth-order valence-corrected chi connectivity index (χ4v) is 6.75. The molecule has 0 spiro atoms. The minimum Gasteiger partial charge on any atom is -0.336 e. The molecule has 2 aromatic rings. The lowest BCUT2D eigenvalue weighted by molar-refractivity contribution is 0.333. The van der Waals surface area contributed by atoms with E-state index in [4.69, 9.17) is 0 Å². The molecule has 0 aromatic carbocycles. The van der Waals surface area contributed by atoms with E-state index in [1.807, 2.05) is 20.9 Å². The molecule has 1 atom stereocenters. The van der Waals surface area contributed by atoms with Gasteiger partial charge in [-0.25, -0.2) is 18.1 Å². The Morgan fingerprint density at radius 1 is 1.34 bits per heavy atom. The Morgan fingerprint density at radius 2 is 2.14 bits per heavy atom. The highest BCUT2D eigenvalue weighted by Gasteiger charge is 2.37. The normalized spacial score (nSPS) is 20.3. The largest absolute Gasteiger partial charge is 0.336 e. The van der Waals surface area contributed by atoms with Crippen molar-refractivity contribution in [1.82, 2.24) is 23.6 Å². The average Bonchev–Trinajstić information content (AvgIpc) is 3.29. The number of aryl methyl sites for hydroxylation is 2. The van der Waals surface area contributed by atoms with Crippen molar-refractivity contribution in [3.05, 3.63) is 39.7 Å². The van der Waals surface area contributed by atoms with E-state index < -0.39 is 10.0 Å². The van der Waals surface area contributed by atoms with Crippen molar-refractivity contribution in [1.29, 1.82) is 0 Å². The van der Waals surface area contributed by atoms with E-state index in [0.717, 1.165) is 41.4 Å². The van der Waals surface area contributed by atoms with Crippen LogP contribution in [0.3, 0.4) is 0 Å². The molecule has 0 N–H and O–H groups in total. The fraction of sp³-hybridized carbons (Fsp3) is 0.632. The molecule has 0 aliphatic carbocycles. The zero-order valence-electron chi connectivity index (χ0n) is 17.0. The lowest BCUT2D eigenvalue weighted by Crippen LogP contribution is -2.41. The van der Waals surface area contributed by atoms with Crippen LogP contribution in [0.15, 0.2) is 22.1 Å². The molecule has 1 unspecified atom stereocenters. The first-order valence-electron chi connectivity index (χ1n) is 10.00.